The monoisotopic (exact) mass is 229 g/mol. The first-order valence-corrected chi connectivity index (χ1v) is 4.28. The summed E-state index contributed by atoms with van der Waals surface area (Å²) in [6, 6.07) is 0. The molecule has 0 radical (unpaired) electrons. The van der Waals surface area contributed by atoms with Gasteiger partial charge in [-0.2, -0.15) is 0 Å². The van der Waals surface area contributed by atoms with Crippen LogP contribution >= 0.6 is 15.9 Å². The fourth-order valence-corrected chi connectivity index (χ4v) is 0.925. The van der Waals surface area contributed by atoms with Gasteiger partial charge >= 0.3 is 0 Å². The Labute approximate surface area is 78.5 Å². The normalized spacial score (nSPS) is 12.2. The Balaban J connectivity index is 2.84. The van der Waals surface area contributed by atoms with Crippen LogP contribution in [0.25, 0.3) is 0 Å². The molecular formula is C7H8BrN3O. The molecule has 0 amide bonds. The van der Waals surface area contributed by atoms with Crippen LogP contribution in [0.15, 0.2) is 12.4 Å². The molecule has 1 N–H and O–H groups in total. The highest BCUT2D eigenvalue weighted by Crippen LogP contribution is 2.18. The molecule has 1 aromatic rings. The predicted octanol–water partition coefficient (Wildman–Crippen LogP) is 1.15. The molecule has 4 nitrogen and oxygen atoms in total. The van der Waals surface area contributed by atoms with E-state index in [2.05, 4.69) is 31.2 Å². The lowest BCUT2D eigenvalue weighted by Crippen LogP contribution is -1.98. The largest absolute Gasteiger partial charge is 0.357 e. The third kappa shape index (κ3) is 2.01. The van der Waals surface area contributed by atoms with E-state index in [0.29, 0.717) is 5.95 Å². The summed E-state index contributed by atoms with van der Waals surface area (Å²) in [7, 11) is 1.74. The molecule has 1 unspecified atom stereocenters. The van der Waals surface area contributed by atoms with E-state index in [4.69, 9.17) is 0 Å². The van der Waals surface area contributed by atoms with Gasteiger partial charge in [-0.3, -0.25) is 0 Å². The van der Waals surface area contributed by atoms with Gasteiger partial charge in [0, 0.05) is 25.0 Å². The first-order valence-electron chi connectivity index (χ1n) is 3.37. The van der Waals surface area contributed by atoms with Crippen molar-refractivity contribution in [1.29, 1.82) is 0 Å². The molecule has 0 aliphatic rings. The van der Waals surface area contributed by atoms with Crippen molar-refractivity contribution in [3.05, 3.63) is 18.0 Å². The smallest absolute Gasteiger partial charge is 0.222 e. The number of nitrogens with zero attached hydrogens (tertiary/aromatic N) is 2. The van der Waals surface area contributed by atoms with Crippen LogP contribution in [-0.2, 0) is 4.79 Å². The maximum Gasteiger partial charge on any atom is 0.222 e. The van der Waals surface area contributed by atoms with Crippen molar-refractivity contribution >= 4 is 28.2 Å². The number of aromatic nitrogens is 2. The lowest BCUT2D eigenvalue weighted by Gasteiger charge is -2.01. The van der Waals surface area contributed by atoms with Gasteiger partial charge in [0.15, 0.2) is 0 Å². The number of nitrogens with one attached hydrogen (secondary N) is 1. The van der Waals surface area contributed by atoms with E-state index < -0.39 is 0 Å². The molecule has 5 heteroatoms. The predicted molar refractivity (Wildman–Crippen MR) is 49.3 cm³/mol. The standard InChI is InChI=1S/C7H8BrN3O/c1-9-7-10-2-5(3-11-7)6(8)4-12/h2-4,6H,1H3,(H,9,10,11). The van der Waals surface area contributed by atoms with Crippen LogP contribution in [0.3, 0.4) is 0 Å². The fraction of sp³-hybridized carbons (Fsp3) is 0.286. The van der Waals surface area contributed by atoms with E-state index >= 15 is 0 Å². The molecule has 0 fully saturated rings. The minimum Gasteiger partial charge on any atom is -0.357 e. The Morgan fingerprint density at radius 2 is 2.17 bits per heavy atom. The van der Waals surface area contributed by atoms with Gasteiger partial charge in [0.1, 0.15) is 6.29 Å². The summed E-state index contributed by atoms with van der Waals surface area (Å²) in [5, 5.41) is 2.79. The summed E-state index contributed by atoms with van der Waals surface area (Å²) >= 11 is 3.16. The van der Waals surface area contributed by atoms with E-state index in [-0.39, 0.29) is 4.83 Å². The molecule has 0 saturated carbocycles. The molecule has 0 spiro atoms. The number of halogens is 1. The molecule has 1 rings (SSSR count). The molecule has 1 atom stereocenters. The van der Waals surface area contributed by atoms with E-state index in [1.54, 1.807) is 19.4 Å². The topological polar surface area (TPSA) is 54.9 Å². The lowest BCUT2D eigenvalue weighted by atomic mass is 10.3. The van der Waals surface area contributed by atoms with Crippen molar-refractivity contribution in [2.24, 2.45) is 0 Å². The molecule has 1 heterocycles. The van der Waals surface area contributed by atoms with Crippen molar-refractivity contribution in [3.8, 4) is 0 Å². The maximum atomic E-state index is 10.3. The van der Waals surface area contributed by atoms with Crippen LogP contribution in [0.4, 0.5) is 5.95 Å². The summed E-state index contributed by atoms with van der Waals surface area (Å²) in [4.78, 5) is 17.9. The highest BCUT2D eigenvalue weighted by atomic mass is 79.9. The molecule has 0 aliphatic heterocycles. The van der Waals surface area contributed by atoms with E-state index in [0.717, 1.165) is 11.8 Å². The Kier molecular flexibility index (Phi) is 3.16. The van der Waals surface area contributed by atoms with E-state index in [1.807, 2.05) is 0 Å². The number of hydrogen-bond acceptors (Lipinski definition) is 4. The van der Waals surface area contributed by atoms with Crippen molar-refractivity contribution in [2.45, 2.75) is 4.83 Å². The van der Waals surface area contributed by atoms with Crippen LogP contribution in [0.5, 0.6) is 0 Å². The minimum atomic E-state index is -0.316. The van der Waals surface area contributed by atoms with Gasteiger partial charge in [0.05, 0.1) is 4.83 Å². The molecule has 0 aliphatic carbocycles. The van der Waals surface area contributed by atoms with Crippen LogP contribution in [0.1, 0.15) is 10.4 Å². The van der Waals surface area contributed by atoms with E-state index in [9.17, 15) is 4.79 Å². The summed E-state index contributed by atoms with van der Waals surface area (Å²) in [6.07, 6.45) is 4.00. The van der Waals surface area contributed by atoms with Crippen LogP contribution in [-0.4, -0.2) is 23.3 Å². The minimum absolute atomic E-state index is 0.316. The van der Waals surface area contributed by atoms with Gasteiger partial charge in [-0.25, -0.2) is 9.97 Å². The van der Waals surface area contributed by atoms with Crippen LogP contribution < -0.4 is 5.32 Å². The summed E-state index contributed by atoms with van der Waals surface area (Å²) in [5.74, 6) is 0.546. The van der Waals surface area contributed by atoms with Crippen molar-refractivity contribution in [2.75, 3.05) is 12.4 Å². The second-order valence-corrected chi connectivity index (χ2v) is 3.11. The second kappa shape index (κ2) is 4.15. The SMILES string of the molecule is CNc1ncc(C(Br)C=O)cn1. The number of rotatable bonds is 3. The molecule has 0 aromatic carbocycles. The average molecular weight is 230 g/mol. The van der Waals surface area contributed by atoms with Gasteiger partial charge < -0.3 is 10.1 Å². The highest BCUT2D eigenvalue weighted by molar-refractivity contribution is 9.09. The second-order valence-electron chi connectivity index (χ2n) is 2.13. The van der Waals surface area contributed by atoms with Gasteiger partial charge in [0.2, 0.25) is 5.95 Å². The van der Waals surface area contributed by atoms with E-state index in [1.165, 1.54) is 0 Å². The molecule has 0 saturated heterocycles. The zero-order chi connectivity index (χ0) is 8.97. The average Bonchev–Trinajstić information content (AvgIpc) is 2.17. The zero-order valence-electron chi connectivity index (χ0n) is 6.49. The maximum absolute atomic E-state index is 10.3. The first kappa shape index (κ1) is 9.12. The number of anilines is 1. The van der Waals surface area contributed by atoms with Gasteiger partial charge in [-0.05, 0) is 0 Å². The zero-order valence-corrected chi connectivity index (χ0v) is 8.08. The third-order valence-corrected chi connectivity index (χ3v) is 2.08. The Hall–Kier alpha value is -0.970. The number of alkyl halides is 1. The molecule has 1 aromatic heterocycles. The van der Waals surface area contributed by atoms with Crippen LogP contribution in [0.2, 0.25) is 0 Å². The van der Waals surface area contributed by atoms with Gasteiger partial charge in [0.25, 0.3) is 0 Å². The Morgan fingerprint density at radius 1 is 1.58 bits per heavy atom. The highest BCUT2D eigenvalue weighted by Gasteiger charge is 2.05. The third-order valence-electron chi connectivity index (χ3n) is 1.33. The molecule has 0 bridgehead atoms. The lowest BCUT2D eigenvalue weighted by molar-refractivity contribution is -0.107. The fourth-order valence-electron chi connectivity index (χ4n) is 0.688. The quantitative estimate of drug-likeness (QED) is 0.625. The Bertz CT molecular complexity index is 262. The van der Waals surface area contributed by atoms with Crippen molar-refractivity contribution < 1.29 is 4.79 Å². The number of aldehydes is 1. The molecule has 64 valence electrons. The summed E-state index contributed by atoms with van der Waals surface area (Å²) in [5.41, 5.74) is 0.754. The summed E-state index contributed by atoms with van der Waals surface area (Å²) < 4.78 is 0. The van der Waals surface area contributed by atoms with Crippen LogP contribution in [0, 0.1) is 0 Å². The number of carbonyl (C=O) groups excluding carboxylic acids is 1. The first-order chi connectivity index (χ1) is 5.77. The molecular weight excluding hydrogens is 222 g/mol. The van der Waals surface area contributed by atoms with Crippen molar-refractivity contribution in [3.63, 3.8) is 0 Å². The van der Waals surface area contributed by atoms with Gasteiger partial charge in [-0.1, -0.05) is 15.9 Å². The summed E-state index contributed by atoms with van der Waals surface area (Å²) in [6.45, 7) is 0. The molecule has 12 heavy (non-hydrogen) atoms. The Morgan fingerprint density at radius 3 is 2.58 bits per heavy atom. The number of carbonyl (C=O) groups is 1. The van der Waals surface area contributed by atoms with Crippen molar-refractivity contribution in [1.82, 2.24) is 9.97 Å². The number of hydrogen-bond donors (Lipinski definition) is 1. The van der Waals surface area contributed by atoms with Gasteiger partial charge in [-0.15, -0.1) is 0 Å².